The first-order valence-electron chi connectivity index (χ1n) is 10.8. The average Bonchev–Trinajstić information content (AvgIpc) is 2.84. The van der Waals surface area contributed by atoms with Crippen LogP contribution in [0.4, 0.5) is 11.4 Å². The van der Waals surface area contributed by atoms with Crippen molar-refractivity contribution in [2.75, 3.05) is 25.0 Å². The number of aliphatic hydroxyl groups excluding tert-OH is 1. The molecule has 1 aliphatic rings. The van der Waals surface area contributed by atoms with E-state index < -0.39 is 6.10 Å². The van der Waals surface area contributed by atoms with Gasteiger partial charge in [-0.3, -0.25) is 9.78 Å². The van der Waals surface area contributed by atoms with Gasteiger partial charge in [0, 0.05) is 54.9 Å². The minimum absolute atomic E-state index is 0.0466. The molecule has 31 heavy (non-hydrogen) atoms. The SMILES string of the molecule is CC(O)C1(c2ccccc2)CCN(C(=O)c2ccc(N(C)c3ccncc3)cc2)CC1. The average molecular weight is 416 g/mol. The number of aliphatic hydroxyl groups is 1. The molecule has 2 aromatic carbocycles. The first-order chi connectivity index (χ1) is 15.0. The molecule has 0 radical (unpaired) electrons. The molecule has 1 saturated heterocycles. The fourth-order valence-electron chi connectivity index (χ4n) is 4.55. The van der Waals surface area contributed by atoms with Crippen LogP contribution in [0.5, 0.6) is 0 Å². The summed E-state index contributed by atoms with van der Waals surface area (Å²) in [5.74, 6) is 0.0466. The maximum atomic E-state index is 13.1. The first-order valence-corrected chi connectivity index (χ1v) is 10.8. The Balaban J connectivity index is 1.45. The number of carbonyl (C=O) groups excluding carboxylic acids is 1. The molecule has 160 valence electrons. The van der Waals surface area contributed by atoms with E-state index in [1.54, 1.807) is 12.4 Å². The van der Waals surface area contributed by atoms with E-state index in [2.05, 4.69) is 22.0 Å². The van der Waals surface area contributed by atoms with Gasteiger partial charge in [0.25, 0.3) is 5.91 Å². The Morgan fingerprint density at radius 2 is 1.55 bits per heavy atom. The second-order valence-corrected chi connectivity index (χ2v) is 8.30. The topological polar surface area (TPSA) is 56.7 Å². The summed E-state index contributed by atoms with van der Waals surface area (Å²) < 4.78 is 0. The number of rotatable bonds is 5. The Hall–Kier alpha value is -3.18. The van der Waals surface area contributed by atoms with Crippen LogP contribution in [-0.2, 0) is 5.41 Å². The van der Waals surface area contributed by atoms with Crippen LogP contribution in [0.25, 0.3) is 0 Å². The van der Waals surface area contributed by atoms with Crippen LogP contribution < -0.4 is 4.90 Å². The summed E-state index contributed by atoms with van der Waals surface area (Å²) in [5, 5.41) is 10.6. The lowest BCUT2D eigenvalue weighted by Gasteiger charge is -2.44. The van der Waals surface area contributed by atoms with Crippen molar-refractivity contribution < 1.29 is 9.90 Å². The molecule has 1 aliphatic heterocycles. The molecule has 1 amide bonds. The lowest BCUT2D eigenvalue weighted by Crippen LogP contribution is -2.50. The van der Waals surface area contributed by atoms with Crippen molar-refractivity contribution in [1.82, 2.24) is 9.88 Å². The normalized spacial score (nSPS) is 16.5. The fourth-order valence-corrected chi connectivity index (χ4v) is 4.55. The van der Waals surface area contributed by atoms with Gasteiger partial charge in [0.15, 0.2) is 0 Å². The van der Waals surface area contributed by atoms with E-state index in [0.717, 1.165) is 29.8 Å². The van der Waals surface area contributed by atoms with Gasteiger partial charge in [0.05, 0.1) is 6.10 Å². The Bertz CT molecular complexity index is 996. The van der Waals surface area contributed by atoms with E-state index in [0.29, 0.717) is 18.7 Å². The van der Waals surface area contributed by atoms with Gasteiger partial charge in [0.2, 0.25) is 0 Å². The van der Waals surface area contributed by atoms with Gasteiger partial charge in [-0.15, -0.1) is 0 Å². The molecule has 1 fully saturated rings. The summed E-state index contributed by atoms with van der Waals surface area (Å²) in [4.78, 5) is 21.1. The van der Waals surface area contributed by atoms with Crippen LogP contribution in [0.15, 0.2) is 79.1 Å². The van der Waals surface area contributed by atoms with Gasteiger partial charge in [-0.25, -0.2) is 0 Å². The van der Waals surface area contributed by atoms with Crippen LogP contribution >= 0.6 is 0 Å². The standard InChI is InChI=1S/C26H29N3O2/c1-20(30)26(22-6-4-3-5-7-22)14-18-29(19-15-26)25(31)21-8-10-23(11-9-21)28(2)24-12-16-27-17-13-24/h3-13,16-17,20,30H,14-15,18-19H2,1-2H3. The number of pyridine rings is 1. The number of benzene rings is 2. The molecule has 1 N–H and O–H groups in total. The van der Waals surface area contributed by atoms with Crippen LogP contribution in [0.2, 0.25) is 0 Å². The molecule has 0 aliphatic carbocycles. The second kappa shape index (κ2) is 8.90. The molecule has 4 rings (SSSR count). The highest BCUT2D eigenvalue weighted by molar-refractivity contribution is 5.94. The number of nitrogens with zero attached hydrogens (tertiary/aromatic N) is 3. The fraction of sp³-hybridized carbons (Fsp3) is 0.308. The predicted molar refractivity (Wildman–Crippen MR) is 124 cm³/mol. The number of amides is 1. The number of anilines is 2. The zero-order valence-corrected chi connectivity index (χ0v) is 18.1. The summed E-state index contributed by atoms with van der Waals surface area (Å²) in [5.41, 5.74) is 3.60. The van der Waals surface area contributed by atoms with E-state index >= 15 is 0 Å². The number of carbonyl (C=O) groups is 1. The van der Waals surface area contributed by atoms with E-state index in [-0.39, 0.29) is 11.3 Å². The van der Waals surface area contributed by atoms with Crippen molar-refractivity contribution in [3.05, 3.63) is 90.3 Å². The van der Waals surface area contributed by atoms with E-state index in [9.17, 15) is 9.90 Å². The minimum Gasteiger partial charge on any atom is -0.392 e. The maximum Gasteiger partial charge on any atom is 0.253 e. The highest BCUT2D eigenvalue weighted by Crippen LogP contribution is 2.39. The number of hydrogen-bond acceptors (Lipinski definition) is 4. The third kappa shape index (κ3) is 4.19. The second-order valence-electron chi connectivity index (χ2n) is 8.30. The highest BCUT2D eigenvalue weighted by Gasteiger charge is 2.41. The largest absolute Gasteiger partial charge is 0.392 e. The van der Waals surface area contributed by atoms with Crippen molar-refractivity contribution in [2.45, 2.75) is 31.3 Å². The monoisotopic (exact) mass is 415 g/mol. The predicted octanol–water partition coefficient (Wildman–Crippen LogP) is 4.40. The van der Waals surface area contributed by atoms with Crippen LogP contribution in [0, 0.1) is 0 Å². The van der Waals surface area contributed by atoms with Crippen LogP contribution in [-0.4, -0.2) is 47.1 Å². The van der Waals surface area contributed by atoms with Crippen molar-refractivity contribution in [2.24, 2.45) is 0 Å². The zero-order valence-electron chi connectivity index (χ0n) is 18.1. The Labute approximate surface area is 184 Å². The van der Waals surface area contributed by atoms with Crippen molar-refractivity contribution in [3.63, 3.8) is 0 Å². The lowest BCUT2D eigenvalue weighted by atomic mass is 9.69. The molecule has 2 heterocycles. The molecule has 0 bridgehead atoms. The number of hydrogen-bond donors (Lipinski definition) is 1. The van der Waals surface area contributed by atoms with Gasteiger partial charge in [-0.1, -0.05) is 30.3 Å². The summed E-state index contributed by atoms with van der Waals surface area (Å²) in [7, 11) is 2.00. The summed E-state index contributed by atoms with van der Waals surface area (Å²) >= 11 is 0. The summed E-state index contributed by atoms with van der Waals surface area (Å²) in [6.07, 6.45) is 4.58. The molecule has 1 atom stereocenters. The first kappa shape index (κ1) is 21.1. The van der Waals surface area contributed by atoms with Gasteiger partial charge in [-0.05, 0) is 61.7 Å². The molecular formula is C26H29N3O2. The van der Waals surface area contributed by atoms with E-state index in [1.807, 2.05) is 73.5 Å². The molecular weight excluding hydrogens is 386 g/mol. The zero-order chi connectivity index (χ0) is 21.8. The highest BCUT2D eigenvalue weighted by atomic mass is 16.3. The number of piperidine rings is 1. The third-order valence-corrected chi connectivity index (χ3v) is 6.64. The van der Waals surface area contributed by atoms with Crippen molar-refractivity contribution >= 4 is 17.3 Å². The maximum absolute atomic E-state index is 13.1. The van der Waals surface area contributed by atoms with Gasteiger partial charge >= 0.3 is 0 Å². The number of likely N-dealkylation sites (tertiary alicyclic amines) is 1. The molecule has 1 aromatic heterocycles. The smallest absolute Gasteiger partial charge is 0.253 e. The molecule has 5 nitrogen and oxygen atoms in total. The summed E-state index contributed by atoms with van der Waals surface area (Å²) in [6, 6.07) is 21.8. The summed E-state index contributed by atoms with van der Waals surface area (Å²) in [6.45, 7) is 3.14. The van der Waals surface area contributed by atoms with Gasteiger partial charge < -0.3 is 14.9 Å². The molecule has 3 aromatic rings. The third-order valence-electron chi connectivity index (χ3n) is 6.64. The van der Waals surface area contributed by atoms with Gasteiger partial charge in [0.1, 0.15) is 0 Å². The Morgan fingerprint density at radius 1 is 0.968 bits per heavy atom. The molecule has 1 unspecified atom stereocenters. The quantitative estimate of drug-likeness (QED) is 0.671. The van der Waals surface area contributed by atoms with E-state index in [4.69, 9.17) is 0 Å². The molecule has 0 saturated carbocycles. The Morgan fingerprint density at radius 3 is 2.13 bits per heavy atom. The van der Waals surface area contributed by atoms with Gasteiger partial charge in [-0.2, -0.15) is 0 Å². The van der Waals surface area contributed by atoms with Crippen molar-refractivity contribution in [3.8, 4) is 0 Å². The van der Waals surface area contributed by atoms with E-state index in [1.165, 1.54) is 0 Å². The van der Waals surface area contributed by atoms with Crippen LogP contribution in [0.1, 0.15) is 35.7 Å². The molecule has 5 heteroatoms. The Kier molecular flexibility index (Phi) is 6.05. The lowest BCUT2D eigenvalue weighted by molar-refractivity contribution is 0.0353. The molecule has 0 spiro atoms. The number of aromatic nitrogens is 1. The van der Waals surface area contributed by atoms with Crippen molar-refractivity contribution in [1.29, 1.82) is 0 Å². The minimum atomic E-state index is -0.463. The van der Waals surface area contributed by atoms with Crippen LogP contribution in [0.3, 0.4) is 0 Å².